The zero-order valence-electron chi connectivity index (χ0n) is 14.4. The molecule has 2 rings (SSSR count). The van der Waals surface area contributed by atoms with Gasteiger partial charge in [-0.2, -0.15) is 17.9 Å². The number of halogens is 6. The van der Waals surface area contributed by atoms with Crippen LogP contribution in [0.25, 0.3) is 0 Å². The minimum atomic E-state index is -4.79. The third-order valence-electron chi connectivity index (χ3n) is 3.76. The van der Waals surface area contributed by atoms with Crippen LogP contribution >= 0.6 is 11.6 Å². The summed E-state index contributed by atoms with van der Waals surface area (Å²) < 4.78 is 91.7. The summed E-state index contributed by atoms with van der Waals surface area (Å²) in [7, 11) is -3.23. The lowest BCUT2D eigenvalue weighted by atomic mass is 10.2. The SMILES string of the molecule is C[C@@H](NS(=O)(=O)c1cc(C(O)Nc2ccc(F)c(Cl)c2F)n(C)c1)C(F)(F)F. The first-order chi connectivity index (χ1) is 12.7. The summed E-state index contributed by atoms with van der Waals surface area (Å²) in [5.41, 5.74) is -0.479. The van der Waals surface area contributed by atoms with Gasteiger partial charge >= 0.3 is 6.18 Å². The Kier molecular flexibility index (Phi) is 6.28. The molecule has 28 heavy (non-hydrogen) atoms. The third-order valence-corrected chi connectivity index (χ3v) is 5.61. The molecule has 156 valence electrons. The molecule has 0 aliphatic carbocycles. The van der Waals surface area contributed by atoms with Crippen molar-refractivity contribution in [1.29, 1.82) is 0 Å². The molecule has 0 spiro atoms. The standard InChI is InChI=1S/C15H15ClF5N3O3S/c1-7(15(19,20)21)23-28(26,27)8-5-11(24(2)6-8)14(25)22-10-4-3-9(17)12(16)13(10)18/h3-7,14,22-23,25H,1-2H3/t7-,14?/m1/s1. The van der Waals surface area contributed by atoms with Crippen molar-refractivity contribution in [2.24, 2.45) is 7.05 Å². The second kappa shape index (κ2) is 7.85. The van der Waals surface area contributed by atoms with Crippen molar-refractivity contribution in [3.63, 3.8) is 0 Å². The molecule has 2 atom stereocenters. The molecule has 13 heteroatoms. The number of aryl methyl sites for hydroxylation is 1. The molecular formula is C15H15ClF5N3O3S. The van der Waals surface area contributed by atoms with E-state index in [1.165, 1.54) is 11.8 Å². The maximum absolute atomic E-state index is 13.9. The Labute approximate surface area is 162 Å². The van der Waals surface area contributed by atoms with Gasteiger partial charge in [-0.05, 0) is 25.1 Å². The van der Waals surface area contributed by atoms with Gasteiger partial charge in [0, 0.05) is 13.2 Å². The fourth-order valence-electron chi connectivity index (χ4n) is 2.20. The zero-order chi connectivity index (χ0) is 21.4. The molecule has 1 aromatic carbocycles. The van der Waals surface area contributed by atoms with Gasteiger partial charge in [0.15, 0.2) is 12.0 Å². The van der Waals surface area contributed by atoms with Crippen molar-refractivity contribution < 1.29 is 35.5 Å². The average molecular weight is 448 g/mol. The molecule has 0 saturated heterocycles. The highest BCUT2D eigenvalue weighted by atomic mass is 35.5. The highest BCUT2D eigenvalue weighted by Gasteiger charge is 2.39. The van der Waals surface area contributed by atoms with Crippen molar-refractivity contribution in [3.05, 3.63) is 46.7 Å². The Balaban J connectivity index is 2.27. The molecule has 0 aliphatic rings. The Bertz CT molecular complexity index is 978. The fraction of sp³-hybridized carbons (Fsp3) is 0.333. The van der Waals surface area contributed by atoms with E-state index < -0.39 is 50.0 Å². The molecule has 0 bridgehead atoms. The molecule has 1 unspecified atom stereocenters. The number of hydrogen-bond acceptors (Lipinski definition) is 4. The van der Waals surface area contributed by atoms with Gasteiger partial charge < -0.3 is 15.0 Å². The Morgan fingerprint density at radius 3 is 2.43 bits per heavy atom. The van der Waals surface area contributed by atoms with E-state index in [1.54, 1.807) is 0 Å². The number of aromatic nitrogens is 1. The van der Waals surface area contributed by atoms with E-state index in [1.807, 2.05) is 0 Å². The summed E-state index contributed by atoms with van der Waals surface area (Å²) in [6.45, 7) is 0.638. The molecular weight excluding hydrogens is 433 g/mol. The number of rotatable bonds is 6. The summed E-state index contributed by atoms with van der Waals surface area (Å²) in [4.78, 5) is -0.542. The van der Waals surface area contributed by atoms with Gasteiger partial charge in [0.2, 0.25) is 10.0 Å². The minimum Gasteiger partial charge on any atom is -0.368 e. The molecule has 1 heterocycles. The second-order valence-corrected chi connectivity index (χ2v) is 7.96. The van der Waals surface area contributed by atoms with Gasteiger partial charge in [-0.3, -0.25) is 0 Å². The molecule has 0 radical (unpaired) electrons. The van der Waals surface area contributed by atoms with Crippen LogP contribution in [-0.2, 0) is 17.1 Å². The minimum absolute atomic E-state index is 0.111. The van der Waals surface area contributed by atoms with E-state index in [0.717, 1.165) is 29.0 Å². The predicted molar refractivity (Wildman–Crippen MR) is 91.2 cm³/mol. The van der Waals surface area contributed by atoms with E-state index in [9.17, 15) is 35.5 Å². The molecule has 0 fully saturated rings. The molecule has 2 aromatic rings. The molecule has 0 aliphatic heterocycles. The molecule has 0 saturated carbocycles. The zero-order valence-corrected chi connectivity index (χ0v) is 15.9. The Hall–Kier alpha value is -1.89. The first-order valence-corrected chi connectivity index (χ1v) is 9.43. The van der Waals surface area contributed by atoms with E-state index in [2.05, 4.69) is 5.32 Å². The quantitative estimate of drug-likeness (QED) is 0.360. The van der Waals surface area contributed by atoms with Crippen LogP contribution in [0, 0.1) is 11.6 Å². The Morgan fingerprint density at radius 2 is 1.86 bits per heavy atom. The van der Waals surface area contributed by atoms with E-state index >= 15 is 0 Å². The van der Waals surface area contributed by atoms with Crippen LogP contribution in [0.4, 0.5) is 27.6 Å². The lowest BCUT2D eigenvalue weighted by Gasteiger charge is -2.16. The lowest BCUT2D eigenvalue weighted by molar-refractivity contribution is -0.147. The van der Waals surface area contributed by atoms with E-state index in [-0.39, 0.29) is 11.4 Å². The maximum Gasteiger partial charge on any atom is 0.404 e. The van der Waals surface area contributed by atoms with Gasteiger partial charge in [0.1, 0.15) is 21.8 Å². The average Bonchev–Trinajstić information content (AvgIpc) is 2.97. The normalized spacial score (nSPS) is 14.8. The number of sulfonamides is 1. The van der Waals surface area contributed by atoms with Gasteiger partial charge in [0.05, 0.1) is 11.4 Å². The van der Waals surface area contributed by atoms with Gasteiger partial charge in [-0.25, -0.2) is 17.2 Å². The predicted octanol–water partition coefficient (Wildman–Crippen LogP) is 3.29. The lowest BCUT2D eigenvalue weighted by Crippen LogP contribution is -2.42. The monoisotopic (exact) mass is 447 g/mol. The highest BCUT2D eigenvalue weighted by Crippen LogP contribution is 2.29. The van der Waals surface area contributed by atoms with Crippen LogP contribution in [0.2, 0.25) is 5.02 Å². The number of alkyl halides is 3. The van der Waals surface area contributed by atoms with E-state index in [4.69, 9.17) is 11.6 Å². The number of aliphatic hydroxyl groups excluding tert-OH is 1. The summed E-state index contributed by atoms with van der Waals surface area (Å²) in [6.07, 6.45) is -5.49. The highest BCUT2D eigenvalue weighted by molar-refractivity contribution is 7.89. The van der Waals surface area contributed by atoms with Crippen LogP contribution in [0.3, 0.4) is 0 Å². The number of benzene rings is 1. The molecule has 0 amide bonds. The van der Waals surface area contributed by atoms with Crippen LogP contribution in [-0.4, -0.2) is 30.3 Å². The van der Waals surface area contributed by atoms with Crippen molar-refractivity contribution in [2.45, 2.75) is 30.3 Å². The Morgan fingerprint density at radius 1 is 1.25 bits per heavy atom. The first-order valence-electron chi connectivity index (χ1n) is 7.57. The first kappa shape index (κ1) is 22.4. The number of nitrogens with zero attached hydrogens (tertiary/aromatic N) is 1. The summed E-state index contributed by atoms with van der Waals surface area (Å²) >= 11 is 5.44. The maximum atomic E-state index is 13.9. The summed E-state index contributed by atoms with van der Waals surface area (Å²) in [6, 6.07) is 0.391. The number of aliphatic hydroxyl groups is 1. The van der Waals surface area contributed by atoms with Crippen LogP contribution in [0.15, 0.2) is 29.3 Å². The van der Waals surface area contributed by atoms with Crippen molar-refractivity contribution in [2.75, 3.05) is 5.32 Å². The van der Waals surface area contributed by atoms with Crippen LogP contribution in [0.1, 0.15) is 18.8 Å². The molecule has 6 nitrogen and oxygen atoms in total. The van der Waals surface area contributed by atoms with Crippen molar-refractivity contribution in [1.82, 2.24) is 9.29 Å². The number of anilines is 1. The van der Waals surface area contributed by atoms with Crippen molar-refractivity contribution in [3.8, 4) is 0 Å². The van der Waals surface area contributed by atoms with Crippen molar-refractivity contribution >= 4 is 27.3 Å². The number of hydrogen-bond donors (Lipinski definition) is 3. The largest absolute Gasteiger partial charge is 0.404 e. The molecule has 3 N–H and O–H groups in total. The second-order valence-electron chi connectivity index (χ2n) is 5.87. The van der Waals surface area contributed by atoms with Gasteiger partial charge in [0.25, 0.3) is 0 Å². The molecule has 1 aromatic heterocycles. The van der Waals surface area contributed by atoms with Gasteiger partial charge in [-0.15, -0.1) is 0 Å². The van der Waals surface area contributed by atoms with Crippen LogP contribution in [0.5, 0.6) is 0 Å². The summed E-state index contributed by atoms with van der Waals surface area (Å²) in [5.74, 6) is -2.19. The number of nitrogens with one attached hydrogen (secondary N) is 2. The topological polar surface area (TPSA) is 83.4 Å². The fourth-order valence-corrected chi connectivity index (χ4v) is 3.67. The third kappa shape index (κ3) is 4.74. The smallest absolute Gasteiger partial charge is 0.368 e. The van der Waals surface area contributed by atoms with Crippen LogP contribution < -0.4 is 10.0 Å². The summed E-state index contributed by atoms with van der Waals surface area (Å²) in [5, 5.41) is 11.7. The van der Waals surface area contributed by atoms with E-state index in [0.29, 0.717) is 6.92 Å². The van der Waals surface area contributed by atoms with Gasteiger partial charge in [-0.1, -0.05) is 11.6 Å².